The second-order valence-corrected chi connectivity index (χ2v) is 2.47. The first-order valence-electron chi connectivity index (χ1n) is 3.56. The normalized spacial score (nSPS) is 10.6. The molecule has 0 atom stereocenters. The average molecular weight is 161 g/mol. The summed E-state index contributed by atoms with van der Waals surface area (Å²) in [6.07, 6.45) is 6.04. The van der Waals surface area contributed by atoms with E-state index in [0.29, 0.717) is 12.3 Å². The van der Waals surface area contributed by atoms with Crippen molar-refractivity contribution in [3.05, 3.63) is 12.2 Å². The van der Waals surface area contributed by atoms with E-state index in [1.165, 1.54) is 0 Å². The van der Waals surface area contributed by atoms with E-state index in [-0.39, 0.29) is 5.78 Å². The third-order valence-corrected chi connectivity index (χ3v) is 1.29. The van der Waals surface area contributed by atoms with Crippen LogP contribution in [0.15, 0.2) is 12.2 Å². The van der Waals surface area contributed by atoms with Crippen molar-refractivity contribution in [2.45, 2.75) is 26.2 Å². The summed E-state index contributed by atoms with van der Waals surface area (Å²) in [5, 5.41) is 0. The van der Waals surface area contributed by atoms with Crippen LogP contribution in [0.1, 0.15) is 26.2 Å². The minimum absolute atomic E-state index is 0.128. The first kappa shape index (κ1) is 9.70. The van der Waals surface area contributed by atoms with Crippen LogP contribution in [0.25, 0.3) is 0 Å². The van der Waals surface area contributed by atoms with Crippen LogP contribution in [0.4, 0.5) is 0 Å². The monoisotopic (exact) mass is 160 g/mol. The molecule has 0 aliphatic carbocycles. The van der Waals surface area contributed by atoms with E-state index >= 15 is 0 Å². The van der Waals surface area contributed by atoms with Crippen molar-refractivity contribution in [2.75, 3.05) is 5.88 Å². The van der Waals surface area contributed by atoms with Gasteiger partial charge in [0.1, 0.15) is 0 Å². The highest BCUT2D eigenvalue weighted by Crippen LogP contribution is 1.92. The molecule has 0 spiro atoms. The van der Waals surface area contributed by atoms with E-state index in [1.807, 2.05) is 6.08 Å². The molecule has 0 aliphatic heterocycles. The van der Waals surface area contributed by atoms with E-state index in [2.05, 4.69) is 6.92 Å². The van der Waals surface area contributed by atoms with Gasteiger partial charge in [-0.1, -0.05) is 19.4 Å². The molecular formula is C8H13ClO. The molecule has 0 N–H and O–H groups in total. The Balaban J connectivity index is 3.36. The molecule has 0 rings (SSSR count). The van der Waals surface area contributed by atoms with Gasteiger partial charge in [0.25, 0.3) is 0 Å². The molecule has 0 aromatic carbocycles. The molecule has 0 aromatic heterocycles. The van der Waals surface area contributed by atoms with Crippen molar-refractivity contribution >= 4 is 17.4 Å². The maximum absolute atomic E-state index is 10.7. The molecule has 0 heterocycles. The summed E-state index contributed by atoms with van der Waals surface area (Å²) < 4.78 is 0. The largest absolute Gasteiger partial charge is 0.295 e. The summed E-state index contributed by atoms with van der Waals surface area (Å²) in [5.74, 6) is 0.554. The van der Waals surface area contributed by atoms with E-state index in [4.69, 9.17) is 11.6 Å². The third-order valence-electron chi connectivity index (χ3n) is 1.10. The van der Waals surface area contributed by atoms with E-state index in [9.17, 15) is 4.79 Å². The Labute approximate surface area is 67.1 Å². The number of carbonyl (C=O) groups is 1. The summed E-state index contributed by atoms with van der Waals surface area (Å²) in [4.78, 5) is 10.7. The molecule has 58 valence electrons. The van der Waals surface area contributed by atoms with Gasteiger partial charge in [0, 0.05) is 12.3 Å². The van der Waals surface area contributed by atoms with Gasteiger partial charge >= 0.3 is 0 Å². The molecule has 0 unspecified atom stereocenters. The van der Waals surface area contributed by atoms with Crippen molar-refractivity contribution in [1.82, 2.24) is 0 Å². The predicted molar refractivity (Wildman–Crippen MR) is 44.4 cm³/mol. The summed E-state index contributed by atoms with van der Waals surface area (Å²) in [7, 11) is 0. The number of hydrogen-bond acceptors (Lipinski definition) is 1. The molecule has 0 aromatic rings. The van der Waals surface area contributed by atoms with Crippen molar-refractivity contribution in [1.29, 1.82) is 0 Å². The fourth-order valence-corrected chi connectivity index (χ4v) is 0.744. The van der Waals surface area contributed by atoms with Gasteiger partial charge in [0.05, 0.1) is 0 Å². The van der Waals surface area contributed by atoms with Crippen LogP contribution in [0.3, 0.4) is 0 Å². The molecule has 0 aliphatic rings. The number of alkyl halides is 1. The average Bonchev–Trinajstić information content (AvgIpc) is 1.89. The van der Waals surface area contributed by atoms with Gasteiger partial charge in [-0.2, -0.15) is 0 Å². The van der Waals surface area contributed by atoms with Crippen LogP contribution in [0, 0.1) is 0 Å². The molecule has 1 nitrogen and oxygen atoms in total. The van der Waals surface area contributed by atoms with Crippen molar-refractivity contribution in [3.63, 3.8) is 0 Å². The zero-order valence-electron chi connectivity index (χ0n) is 6.27. The van der Waals surface area contributed by atoms with Gasteiger partial charge in [-0.3, -0.25) is 4.79 Å². The SMILES string of the molecule is CCC/C=C/C(=O)CCCl. The van der Waals surface area contributed by atoms with Gasteiger partial charge in [-0.05, 0) is 12.5 Å². The lowest BCUT2D eigenvalue weighted by Crippen LogP contribution is -1.91. The van der Waals surface area contributed by atoms with Gasteiger partial charge in [-0.15, -0.1) is 11.6 Å². The third kappa shape index (κ3) is 5.83. The van der Waals surface area contributed by atoms with Gasteiger partial charge in [-0.25, -0.2) is 0 Å². The Hall–Kier alpha value is -0.300. The van der Waals surface area contributed by atoms with Crippen LogP contribution in [0.2, 0.25) is 0 Å². The minimum Gasteiger partial charge on any atom is -0.295 e. The van der Waals surface area contributed by atoms with Crippen LogP contribution in [-0.4, -0.2) is 11.7 Å². The minimum atomic E-state index is 0.128. The molecule has 0 amide bonds. The second-order valence-electron chi connectivity index (χ2n) is 2.10. The standard InChI is InChI=1S/C8H13ClO/c1-2-3-4-5-8(10)6-7-9/h4-5H,2-3,6-7H2,1H3/b5-4+. The molecule has 10 heavy (non-hydrogen) atoms. The van der Waals surface area contributed by atoms with Crippen LogP contribution in [-0.2, 0) is 4.79 Å². The van der Waals surface area contributed by atoms with Crippen molar-refractivity contribution < 1.29 is 4.79 Å². The summed E-state index contributed by atoms with van der Waals surface area (Å²) in [6.45, 7) is 2.08. The predicted octanol–water partition coefficient (Wildman–Crippen LogP) is 2.54. The highest BCUT2D eigenvalue weighted by molar-refractivity contribution is 6.19. The molecule has 0 radical (unpaired) electrons. The Bertz CT molecular complexity index is 118. The Morgan fingerprint density at radius 2 is 2.30 bits per heavy atom. The van der Waals surface area contributed by atoms with Gasteiger partial charge < -0.3 is 0 Å². The van der Waals surface area contributed by atoms with E-state index < -0.39 is 0 Å². The van der Waals surface area contributed by atoms with Crippen LogP contribution >= 0.6 is 11.6 Å². The molecule has 0 fully saturated rings. The molecule has 0 saturated heterocycles. The molecule has 0 saturated carbocycles. The van der Waals surface area contributed by atoms with Crippen molar-refractivity contribution in [2.24, 2.45) is 0 Å². The topological polar surface area (TPSA) is 17.1 Å². The number of unbranched alkanes of at least 4 members (excludes halogenated alkanes) is 1. The Morgan fingerprint density at radius 3 is 2.80 bits per heavy atom. The lowest BCUT2D eigenvalue weighted by Gasteiger charge is -1.86. The smallest absolute Gasteiger partial charge is 0.156 e. The Morgan fingerprint density at radius 1 is 1.60 bits per heavy atom. The lowest BCUT2D eigenvalue weighted by atomic mass is 10.2. The molecule has 2 heteroatoms. The van der Waals surface area contributed by atoms with Crippen LogP contribution < -0.4 is 0 Å². The van der Waals surface area contributed by atoms with Crippen molar-refractivity contribution in [3.8, 4) is 0 Å². The fraction of sp³-hybridized carbons (Fsp3) is 0.625. The number of hydrogen-bond donors (Lipinski definition) is 0. The fourth-order valence-electron chi connectivity index (χ4n) is 0.558. The zero-order chi connectivity index (χ0) is 7.82. The van der Waals surface area contributed by atoms with Gasteiger partial charge in [0.15, 0.2) is 5.78 Å². The number of carbonyl (C=O) groups excluding carboxylic acids is 1. The second kappa shape index (κ2) is 6.81. The number of ketones is 1. The quantitative estimate of drug-likeness (QED) is 0.446. The number of allylic oxidation sites excluding steroid dienone is 2. The highest BCUT2D eigenvalue weighted by Gasteiger charge is 1.91. The van der Waals surface area contributed by atoms with E-state index in [0.717, 1.165) is 12.8 Å². The first-order chi connectivity index (χ1) is 4.81. The first-order valence-corrected chi connectivity index (χ1v) is 4.10. The zero-order valence-corrected chi connectivity index (χ0v) is 7.03. The summed E-state index contributed by atoms with van der Waals surface area (Å²) >= 11 is 5.35. The highest BCUT2D eigenvalue weighted by atomic mass is 35.5. The molecular weight excluding hydrogens is 148 g/mol. The van der Waals surface area contributed by atoms with Crippen LogP contribution in [0.5, 0.6) is 0 Å². The molecule has 0 bridgehead atoms. The summed E-state index contributed by atoms with van der Waals surface area (Å²) in [6, 6.07) is 0. The number of halogens is 1. The maximum atomic E-state index is 10.7. The van der Waals surface area contributed by atoms with E-state index in [1.54, 1.807) is 6.08 Å². The summed E-state index contributed by atoms with van der Waals surface area (Å²) in [5.41, 5.74) is 0. The lowest BCUT2D eigenvalue weighted by molar-refractivity contribution is -0.114. The Kier molecular flexibility index (Phi) is 6.61. The van der Waals surface area contributed by atoms with Gasteiger partial charge in [0.2, 0.25) is 0 Å². The number of rotatable bonds is 5. The maximum Gasteiger partial charge on any atom is 0.156 e.